The molecule has 3 rings (SSSR count). The highest BCUT2D eigenvalue weighted by atomic mass is 16.5. The summed E-state index contributed by atoms with van der Waals surface area (Å²) in [5.41, 5.74) is 1.18. The SMILES string of the molecule is C[C@@H]1CCC[C@@H](C)N1C(=O)COC(=O)Cc1coc2cc(O)ccc12. The van der Waals surface area contributed by atoms with E-state index in [1.165, 1.54) is 18.4 Å². The molecule has 0 unspecified atom stereocenters. The van der Waals surface area contributed by atoms with Crippen molar-refractivity contribution in [2.75, 3.05) is 6.61 Å². The van der Waals surface area contributed by atoms with E-state index in [2.05, 4.69) is 0 Å². The number of fused-ring (bicyclic) bond motifs is 1. The van der Waals surface area contributed by atoms with Gasteiger partial charge in [0, 0.05) is 29.1 Å². The minimum atomic E-state index is -0.471. The zero-order valence-electron chi connectivity index (χ0n) is 14.5. The van der Waals surface area contributed by atoms with Gasteiger partial charge in [-0.25, -0.2) is 0 Å². The summed E-state index contributed by atoms with van der Waals surface area (Å²) < 4.78 is 10.5. The second-order valence-corrected chi connectivity index (χ2v) is 6.71. The average molecular weight is 345 g/mol. The summed E-state index contributed by atoms with van der Waals surface area (Å²) in [5, 5.41) is 10.2. The molecular weight excluding hydrogens is 322 g/mol. The quantitative estimate of drug-likeness (QED) is 0.862. The molecule has 25 heavy (non-hydrogen) atoms. The molecule has 1 aromatic heterocycles. The first-order valence-electron chi connectivity index (χ1n) is 8.61. The number of esters is 1. The van der Waals surface area contributed by atoms with E-state index < -0.39 is 5.97 Å². The summed E-state index contributed by atoms with van der Waals surface area (Å²) in [5.74, 6) is -0.511. The number of hydrogen-bond donors (Lipinski definition) is 1. The van der Waals surface area contributed by atoms with Crippen LogP contribution in [0, 0.1) is 0 Å². The lowest BCUT2D eigenvalue weighted by molar-refractivity contribution is -0.154. The monoisotopic (exact) mass is 345 g/mol. The Labute approximate surface area is 146 Å². The molecule has 0 bridgehead atoms. The van der Waals surface area contributed by atoms with Crippen molar-refractivity contribution in [2.45, 2.75) is 51.6 Å². The zero-order chi connectivity index (χ0) is 18.0. The van der Waals surface area contributed by atoms with E-state index in [-0.39, 0.29) is 36.8 Å². The van der Waals surface area contributed by atoms with Gasteiger partial charge in [0.15, 0.2) is 6.61 Å². The maximum absolute atomic E-state index is 12.4. The van der Waals surface area contributed by atoms with Crippen molar-refractivity contribution in [1.29, 1.82) is 0 Å². The number of rotatable bonds is 4. The fraction of sp³-hybridized carbons (Fsp3) is 0.474. The van der Waals surface area contributed by atoms with Gasteiger partial charge in [0.25, 0.3) is 5.91 Å². The van der Waals surface area contributed by atoms with E-state index in [0.29, 0.717) is 11.1 Å². The highest BCUT2D eigenvalue weighted by Crippen LogP contribution is 2.26. The van der Waals surface area contributed by atoms with Gasteiger partial charge in [0.1, 0.15) is 11.3 Å². The van der Waals surface area contributed by atoms with Crippen LogP contribution in [0.3, 0.4) is 0 Å². The second kappa shape index (κ2) is 7.17. The lowest BCUT2D eigenvalue weighted by atomic mass is 9.97. The van der Waals surface area contributed by atoms with Crippen LogP contribution in [0.1, 0.15) is 38.7 Å². The molecule has 2 heterocycles. The van der Waals surface area contributed by atoms with Crippen molar-refractivity contribution in [1.82, 2.24) is 4.90 Å². The number of hydrogen-bond acceptors (Lipinski definition) is 5. The first-order chi connectivity index (χ1) is 12.0. The van der Waals surface area contributed by atoms with Gasteiger partial charge in [-0.05, 0) is 45.2 Å². The Kier molecular flexibility index (Phi) is 4.97. The number of phenolic OH excluding ortho intramolecular Hbond substituents is 1. The summed E-state index contributed by atoms with van der Waals surface area (Å²) in [4.78, 5) is 26.3. The zero-order valence-corrected chi connectivity index (χ0v) is 14.5. The fourth-order valence-electron chi connectivity index (χ4n) is 3.54. The number of carbonyl (C=O) groups excluding carboxylic acids is 2. The number of furan rings is 1. The molecule has 1 N–H and O–H groups in total. The van der Waals surface area contributed by atoms with E-state index in [1.807, 2.05) is 18.7 Å². The number of benzene rings is 1. The molecule has 1 aliphatic rings. The van der Waals surface area contributed by atoms with Crippen molar-refractivity contribution in [3.8, 4) is 5.75 Å². The van der Waals surface area contributed by atoms with Crippen LogP contribution in [0.25, 0.3) is 11.0 Å². The van der Waals surface area contributed by atoms with Crippen LogP contribution in [0.4, 0.5) is 0 Å². The summed E-state index contributed by atoms with van der Waals surface area (Å²) in [6, 6.07) is 5.09. The van der Waals surface area contributed by atoms with Crippen LogP contribution >= 0.6 is 0 Å². The molecule has 0 radical (unpaired) electrons. The minimum Gasteiger partial charge on any atom is -0.508 e. The van der Waals surface area contributed by atoms with E-state index in [9.17, 15) is 14.7 Å². The first-order valence-corrected chi connectivity index (χ1v) is 8.61. The van der Waals surface area contributed by atoms with Gasteiger partial charge in [-0.2, -0.15) is 0 Å². The third kappa shape index (κ3) is 3.78. The van der Waals surface area contributed by atoms with Crippen molar-refractivity contribution in [3.63, 3.8) is 0 Å². The van der Waals surface area contributed by atoms with Gasteiger partial charge in [0.2, 0.25) is 0 Å². The van der Waals surface area contributed by atoms with E-state index in [4.69, 9.17) is 9.15 Å². The van der Waals surface area contributed by atoms with Crippen molar-refractivity contribution >= 4 is 22.8 Å². The molecule has 2 atom stereocenters. The third-order valence-corrected chi connectivity index (χ3v) is 4.81. The van der Waals surface area contributed by atoms with Gasteiger partial charge in [0.05, 0.1) is 12.7 Å². The predicted octanol–water partition coefficient (Wildman–Crippen LogP) is 3.01. The average Bonchev–Trinajstić information content (AvgIpc) is 2.94. The van der Waals surface area contributed by atoms with Gasteiger partial charge in [-0.1, -0.05) is 0 Å². The molecule has 0 aliphatic carbocycles. The summed E-state index contributed by atoms with van der Waals surface area (Å²) in [6.45, 7) is 3.83. The lowest BCUT2D eigenvalue weighted by Crippen LogP contribution is -2.49. The maximum atomic E-state index is 12.4. The third-order valence-electron chi connectivity index (χ3n) is 4.81. The second-order valence-electron chi connectivity index (χ2n) is 6.71. The highest BCUT2D eigenvalue weighted by molar-refractivity contribution is 5.87. The summed E-state index contributed by atoms with van der Waals surface area (Å²) >= 11 is 0. The van der Waals surface area contributed by atoms with Crippen molar-refractivity contribution in [3.05, 3.63) is 30.0 Å². The number of likely N-dealkylation sites (tertiary alicyclic amines) is 1. The van der Waals surface area contributed by atoms with Crippen LogP contribution < -0.4 is 0 Å². The molecule has 1 saturated heterocycles. The Morgan fingerprint density at radius 3 is 2.72 bits per heavy atom. The number of nitrogens with zero attached hydrogens (tertiary/aromatic N) is 1. The van der Waals surface area contributed by atoms with Gasteiger partial charge < -0.3 is 19.2 Å². The molecule has 134 valence electrons. The number of amides is 1. The number of ether oxygens (including phenoxy) is 1. The number of aromatic hydroxyl groups is 1. The van der Waals surface area contributed by atoms with Gasteiger partial charge in [-0.15, -0.1) is 0 Å². The summed E-state index contributed by atoms with van der Waals surface area (Å²) in [6.07, 6.45) is 4.59. The molecule has 2 aromatic rings. The van der Waals surface area contributed by atoms with Crippen LogP contribution in [0.5, 0.6) is 5.75 Å². The Balaban J connectivity index is 1.58. The van der Waals surface area contributed by atoms with Crippen LogP contribution in [-0.4, -0.2) is 40.6 Å². The topological polar surface area (TPSA) is 80.0 Å². The number of carbonyl (C=O) groups is 2. The Hall–Kier alpha value is -2.50. The first kappa shape index (κ1) is 17.3. The lowest BCUT2D eigenvalue weighted by Gasteiger charge is -2.38. The molecule has 1 amide bonds. The minimum absolute atomic E-state index is 0.0240. The van der Waals surface area contributed by atoms with Crippen molar-refractivity contribution < 1.29 is 23.8 Å². The fourth-order valence-corrected chi connectivity index (χ4v) is 3.54. The normalized spacial score (nSPS) is 20.6. The molecule has 1 aliphatic heterocycles. The highest BCUT2D eigenvalue weighted by Gasteiger charge is 2.29. The molecule has 1 fully saturated rings. The van der Waals surface area contributed by atoms with Gasteiger partial charge in [-0.3, -0.25) is 9.59 Å². The van der Waals surface area contributed by atoms with E-state index >= 15 is 0 Å². The molecule has 1 aromatic carbocycles. The van der Waals surface area contributed by atoms with E-state index in [0.717, 1.165) is 24.6 Å². The predicted molar refractivity (Wildman–Crippen MR) is 92.2 cm³/mol. The van der Waals surface area contributed by atoms with Crippen molar-refractivity contribution in [2.24, 2.45) is 0 Å². The van der Waals surface area contributed by atoms with Crippen LogP contribution in [0.15, 0.2) is 28.9 Å². The number of phenols is 1. The summed E-state index contributed by atoms with van der Waals surface area (Å²) in [7, 11) is 0. The molecule has 6 heteroatoms. The molecular formula is C19H23NO5. The molecule has 0 saturated carbocycles. The Morgan fingerprint density at radius 1 is 1.28 bits per heavy atom. The molecule has 0 spiro atoms. The standard InChI is InChI=1S/C19H23NO5/c1-12-4-3-5-13(2)20(12)18(22)11-25-19(23)8-14-10-24-17-9-15(21)6-7-16(14)17/h6-7,9-10,12-13,21H,3-5,8,11H2,1-2H3/t12-,13-/m1/s1. The maximum Gasteiger partial charge on any atom is 0.310 e. The van der Waals surface area contributed by atoms with E-state index in [1.54, 1.807) is 6.07 Å². The Morgan fingerprint density at radius 2 is 2.00 bits per heavy atom. The van der Waals surface area contributed by atoms with Gasteiger partial charge >= 0.3 is 5.97 Å². The number of piperidine rings is 1. The van der Waals surface area contributed by atoms with Crippen LogP contribution in [-0.2, 0) is 20.7 Å². The molecule has 6 nitrogen and oxygen atoms in total. The largest absolute Gasteiger partial charge is 0.508 e. The smallest absolute Gasteiger partial charge is 0.310 e. The van der Waals surface area contributed by atoms with Crippen LogP contribution in [0.2, 0.25) is 0 Å². The Bertz CT molecular complexity index is 771.